The van der Waals surface area contributed by atoms with Gasteiger partial charge in [-0.25, -0.2) is 5.43 Å². The number of hydrazone groups is 1. The molecule has 3 aromatic rings. The summed E-state index contributed by atoms with van der Waals surface area (Å²) < 4.78 is 10.1. The van der Waals surface area contributed by atoms with Crippen molar-refractivity contribution in [3.05, 3.63) is 57.3 Å². The number of aromatic amines is 1. The monoisotopic (exact) mass is 401 g/mol. The molecule has 144 valence electrons. The molecule has 1 heterocycles. The van der Waals surface area contributed by atoms with Gasteiger partial charge in [-0.2, -0.15) is 5.10 Å². The number of benzene rings is 2. The second-order valence-corrected chi connectivity index (χ2v) is 5.85. The number of H-pyrrole nitrogens is 1. The third kappa shape index (κ3) is 4.04. The first-order valence-corrected chi connectivity index (χ1v) is 8.37. The van der Waals surface area contributed by atoms with Crippen molar-refractivity contribution in [2.45, 2.75) is 0 Å². The minimum absolute atomic E-state index is 0.0485. The number of aromatic hydroxyl groups is 1. The van der Waals surface area contributed by atoms with Crippen LogP contribution < -0.4 is 20.5 Å². The minimum Gasteiger partial charge on any atom is -0.503 e. The summed E-state index contributed by atoms with van der Waals surface area (Å²) in [5.74, 6) is 0.779. The van der Waals surface area contributed by atoms with Gasteiger partial charge in [0, 0.05) is 11.1 Å². The van der Waals surface area contributed by atoms with E-state index in [0.717, 1.165) is 0 Å². The molecule has 0 saturated carbocycles. The molecule has 1 aromatic heterocycles. The Kier molecular flexibility index (Phi) is 5.75. The fourth-order valence-corrected chi connectivity index (χ4v) is 2.52. The SMILES string of the molecule is COc1ccc(-c2nnc(N/N=C/c3ccc(OC)c(O)c3Cl)[nH]c2=O)cc1. The Balaban J connectivity index is 1.75. The molecular weight excluding hydrogens is 386 g/mol. The van der Waals surface area contributed by atoms with Crippen LogP contribution in [0.4, 0.5) is 5.95 Å². The third-order valence-electron chi connectivity index (χ3n) is 3.76. The average Bonchev–Trinajstić information content (AvgIpc) is 2.71. The van der Waals surface area contributed by atoms with Gasteiger partial charge in [-0.05, 0) is 36.4 Å². The van der Waals surface area contributed by atoms with Crippen molar-refractivity contribution in [1.29, 1.82) is 0 Å². The van der Waals surface area contributed by atoms with Crippen molar-refractivity contribution in [2.24, 2.45) is 5.10 Å². The van der Waals surface area contributed by atoms with Gasteiger partial charge < -0.3 is 14.6 Å². The van der Waals surface area contributed by atoms with Crippen LogP contribution in [0, 0.1) is 0 Å². The number of hydrogen-bond donors (Lipinski definition) is 3. The van der Waals surface area contributed by atoms with Gasteiger partial charge in [0.25, 0.3) is 5.56 Å². The predicted octanol–water partition coefficient (Wildman–Crippen LogP) is 2.65. The van der Waals surface area contributed by atoms with Crippen LogP contribution in [0.3, 0.4) is 0 Å². The van der Waals surface area contributed by atoms with Gasteiger partial charge in [-0.3, -0.25) is 9.78 Å². The lowest BCUT2D eigenvalue weighted by atomic mass is 10.1. The van der Waals surface area contributed by atoms with Gasteiger partial charge in [0.1, 0.15) is 5.75 Å². The first kappa shape index (κ1) is 19.2. The van der Waals surface area contributed by atoms with Gasteiger partial charge in [0.2, 0.25) is 5.95 Å². The van der Waals surface area contributed by atoms with E-state index in [1.165, 1.54) is 13.3 Å². The van der Waals surface area contributed by atoms with E-state index in [9.17, 15) is 9.90 Å². The Bertz CT molecular complexity index is 1070. The Morgan fingerprint density at radius 2 is 1.89 bits per heavy atom. The number of aromatic nitrogens is 3. The van der Waals surface area contributed by atoms with Gasteiger partial charge in [-0.1, -0.05) is 11.6 Å². The zero-order valence-electron chi connectivity index (χ0n) is 14.9. The second-order valence-electron chi connectivity index (χ2n) is 5.47. The summed E-state index contributed by atoms with van der Waals surface area (Å²) in [6.07, 6.45) is 1.36. The molecule has 9 nitrogen and oxygen atoms in total. The standard InChI is InChI=1S/C18H16ClN5O4/c1-27-12-6-3-10(4-7-12)15-17(26)21-18(24-22-15)23-20-9-11-5-8-13(28-2)16(25)14(11)19/h3-9,25H,1-2H3,(H2,21,23,24,26)/b20-9+. The normalized spacial score (nSPS) is 10.8. The van der Waals surface area contributed by atoms with Crippen molar-refractivity contribution >= 4 is 23.8 Å². The van der Waals surface area contributed by atoms with E-state index < -0.39 is 5.56 Å². The zero-order valence-corrected chi connectivity index (χ0v) is 15.7. The molecule has 0 aliphatic rings. The number of methoxy groups -OCH3 is 2. The molecule has 0 saturated heterocycles. The van der Waals surface area contributed by atoms with Crippen LogP contribution in [0.5, 0.6) is 17.2 Å². The topological polar surface area (TPSA) is 122 Å². The summed E-state index contributed by atoms with van der Waals surface area (Å²) in [7, 11) is 2.98. The highest BCUT2D eigenvalue weighted by molar-refractivity contribution is 6.34. The van der Waals surface area contributed by atoms with E-state index in [0.29, 0.717) is 16.9 Å². The minimum atomic E-state index is -0.432. The summed E-state index contributed by atoms with van der Waals surface area (Å²) in [5.41, 5.74) is 3.33. The molecule has 0 unspecified atom stereocenters. The van der Waals surface area contributed by atoms with E-state index in [4.69, 9.17) is 21.1 Å². The number of phenolic OH excluding ortho intramolecular Hbond substituents is 1. The fourth-order valence-electron chi connectivity index (χ4n) is 2.32. The zero-order chi connectivity index (χ0) is 20.1. The fraction of sp³-hybridized carbons (Fsp3) is 0.111. The lowest BCUT2D eigenvalue weighted by molar-refractivity contribution is 0.373. The van der Waals surface area contributed by atoms with Crippen LogP contribution in [-0.4, -0.2) is 40.7 Å². The summed E-state index contributed by atoms with van der Waals surface area (Å²) in [6, 6.07) is 10.0. The average molecular weight is 402 g/mol. The maximum absolute atomic E-state index is 12.2. The molecule has 3 rings (SSSR count). The maximum Gasteiger partial charge on any atom is 0.279 e. The number of phenols is 1. The van der Waals surface area contributed by atoms with Crippen LogP contribution >= 0.6 is 11.6 Å². The van der Waals surface area contributed by atoms with Gasteiger partial charge >= 0.3 is 0 Å². The first-order valence-electron chi connectivity index (χ1n) is 7.99. The van der Waals surface area contributed by atoms with Crippen LogP contribution in [0.25, 0.3) is 11.3 Å². The van der Waals surface area contributed by atoms with Crippen LogP contribution in [0.2, 0.25) is 5.02 Å². The van der Waals surface area contributed by atoms with Crippen molar-refractivity contribution < 1.29 is 14.6 Å². The van der Waals surface area contributed by atoms with E-state index in [1.54, 1.807) is 43.5 Å². The largest absolute Gasteiger partial charge is 0.503 e. The summed E-state index contributed by atoms with van der Waals surface area (Å²) in [6.45, 7) is 0. The molecule has 0 amide bonds. The smallest absolute Gasteiger partial charge is 0.279 e. The Labute approximate surface area is 164 Å². The van der Waals surface area contributed by atoms with Gasteiger partial charge in [0.15, 0.2) is 17.2 Å². The molecule has 10 heteroatoms. The molecule has 0 fully saturated rings. The molecule has 0 atom stereocenters. The number of nitrogens with one attached hydrogen (secondary N) is 2. The van der Waals surface area contributed by atoms with Crippen molar-refractivity contribution in [1.82, 2.24) is 15.2 Å². The van der Waals surface area contributed by atoms with Crippen LogP contribution in [-0.2, 0) is 0 Å². The number of halogens is 1. The highest BCUT2D eigenvalue weighted by Gasteiger charge is 2.10. The van der Waals surface area contributed by atoms with Crippen LogP contribution in [0.1, 0.15) is 5.56 Å². The number of rotatable bonds is 6. The molecule has 0 spiro atoms. The molecule has 0 radical (unpaired) electrons. The van der Waals surface area contributed by atoms with Crippen molar-refractivity contribution in [2.75, 3.05) is 19.6 Å². The predicted molar refractivity (Wildman–Crippen MR) is 106 cm³/mol. The highest BCUT2D eigenvalue weighted by atomic mass is 35.5. The van der Waals surface area contributed by atoms with Crippen molar-refractivity contribution in [3.8, 4) is 28.5 Å². The van der Waals surface area contributed by atoms with E-state index >= 15 is 0 Å². The molecular formula is C18H16ClN5O4. The summed E-state index contributed by atoms with van der Waals surface area (Å²) in [4.78, 5) is 14.8. The van der Waals surface area contributed by atoms with Gasteiger partial charge in [0.05, 0.1) is 25.5 Å². The van der Waals surface area contributed by atoms with Crippen LogP contribution in [0.15, 0.2) is 46.3 Å². The lowest BCUT2D eigenvalue weighted by Crippen LogP contribution is -2.15. The molecule has 0 bridgehead atoms. The first-order chi connectivity index (χ1) is 13.5. The quantitative estimate of drug-likeness (QED) is 0.428. The van der Waals surface area contributed by atoms with Gasteiger partial charge in [-0.15, -0.1) is 10.2 Å². The number of hydrogen-bond acceptors (Lipinski definition) is 8. The summed E-state index contributed by atoms with van der Waals surface area (Å²) in [5, 5.41) is 21.7. The highest BCUT2D eigenvalue weighted by Crippen LogP contribution is 2.35. The number of nitrogens with zero attached hydrogens (tertiary/aromatic N) is 3. The molecule has 0 aliphatic heterocycles. The summed E-state index contributed by atoms with van der Waals surface area (Å²) >= 11 is 6.05. The van der Waals surface area contributed by atoms with E-state index in [-0.39, 0.29) is 28.2 Å². The number of ether oxygens (including phenoxy) is 2. The Hall–Kier alpha value is -3.59. The third-order valence-corrected chi connectivity index (χ3v) is 4.16. The maximum atomic E-state index is 12.2. The van der Waals surface area contributed by atoms with E-state index in [2.05, 4.69) is 25.7 Å². The molecule has 0 aliphatic carbocycles. The Morgan fingerprint density at radius 1 is 1.14 bits per heavy atom. The van der Waals surface area contributed by atoms with E-state index in [1.807, 2.05) is 0 Å². The second kappa shape index (κ2) is 8.40. The van der Waals surface area contributed by atoms with Crippen molar-refractivity contribution in [3.63, 3.8) is 0 Å². The molecule has 2 aromatic carbocycles. The number of anilines is 1. The Morgan fingerprint density at radius 3 is 2.54 bits per heavy atom. The molecule has 3 N–H and O–H groups in total. The molecule has 28 heavy (non-hydrogen) atoms. The lowest BCUT2D eigenvalue weighted by Gasteiger charge is -2.06.